The molecule has 0 saturated carbocycles. The van der Waals surface area contributed by atoms with Gasteiger partial charge >= 0.3 is 0 Å². The van der Waals surface area contributed by atoms with Gasteiger partial charge in [0.1, 0.15) is 23.5 Å². The number of pyridine rings is 1. The van der Waals surface area contributed by atoms with E-state index in [0.29, 0.717) is 6.07 Å². The van der Waals surface area contributed by atoms with Gasteiger partial charge in [-0.25, -0.2) is 27.0 Å². The summed E-state index contributed by atoms with van der Waals surface area (Å²) in [6, 6.07) is 9.31. The van der Waals surface area contributed by atoms with Crippen LogP contribution >= 0.6 is 11.6 Å². The third kappa shape index (κ3) is 4.46. The first-order valence-electron chi connectivity index (χ1n) is 7.96. The number of anilines is 1. The van der Waals surface area contributed by atoms with E-state index in [1.54, 1.807) is 6.07 Å². The summed E-state index contributed by atoms with van der Waals surface area (Å²) in [4.78, 5) is 6.19. The standard InChI is InChI=1S/C19H9ClF2N4O3S/c1-24-17-4-3-13(7-15(17)20)29-19-11(9-23)6-14(8-16(19)22)30(27,28)26-18-5-2-12(21)10-25-18/h2-8,10H,(H,25,26). The van der Waals surface area contributed by atoms with Crippen LogP contribution in [-0.4, -0.2) is 13.4 Å². The maximum absolute atomic E-state index is 14.6. The third-order valence-corrected chi connectivity index (χ3v) is 5.31. The zero-order chi connectivity index (χ0) is 21.9. The van der Waals surface area contributed by atoms with Crippen molar-refractivity contribution in [1.82, 2.24) is 4.98 Å². The molecule has 0 saturated heterocycles. The number of nitriles is 1. The van der Waals surface area contributed by atoms with E-state index < -0.39 is 37.9 Å². The molecule has 1 aromatic heterocycles. The van der Waals surface area contributed by atoms with Crippen LogP contribution in [0.1, 0.15) is 5.56 Å². The number of nitrogens with one attached hydrogen (secondary N) is 1. The number of halogens is 3. The molecule has 30 heavy (non-hydrogen) atoms. The zero-order valence-electron chi connectivity index (χ0n) is 14.7. The maximum atomic E-state index is 14.6. The molecule has 0 bridgehead atoms. The van der Waals surface area contributed by atoms with Crippen molar-refractivity contribution < 1.29 is 21.9 Å². The molecular formula is C19H9ClF2N4O3S. The van der Waals surface area contributed by atoms with E-state index in [4.69, 9.17) is 22.9 Å². The highest BCUT2D eigenvalue weighted by Gasteiger charge is 2.22. The Morgan fingerprint density at radius 1 is 1.20 bits per heavy atom. The lowest BCUT2D eigenvalue weighted by molar-refractivity contribution is 0.439. The van der Waals surface area contributed by atoms with Gasteiger partial charge in [0.05, 0.1) is 28.3 Å². The average Bonchev–Trinajstić information content (AvgIpc) is 2.71. The van der Waals surface area contributed by atoms with Crippen molar-refractivity contribution in [3.63, 3.8) is 0 Å². The Hall–Kier alpha value is -3.73. The first kappa shape index (κ1) is 21.0. The highest BCUT2D eigenvalue weighted by atomic mass is 35.5. The number of aromatic nitrogens is 1. The molecule has 0 atom stereocenters. The summed E-state index contributed by atoms with van der Waals surface area (Å²) >= 11 is 5.91. The summed E-state index contributed by atoms with van der Waals surface area (Å²) in [7, 11) is -4.32. The summed E-state index contributed by atoms with van der Waals surface area (Å²) in [6.45, 7) is 6.96. The van der Waals surface area contributed by atoms with Crippen molar-refractivity contribution in [2.75, 3.05) is 4.72 Å². The van der Waals surface area contributed by atoms with Crippen molar-refractivity contribution in [1.29, 1.82) is 5.26 Å². The molecule has 0 amide bonds. The van der Waals surface area contributed by atoms with E-state index in [1.165, 1.54) is 18.2 Å². The highest BCUT2D eigenvalue weighted by Crippen LogP contribution is 2.35. The summed E-state index contributed by atoms with van der Waals surface area (Å²) < 4.78 is 59.9. The molecule has 2 aromatic carbocycles. The number of sulfonamides is 1. The minimum absolute atomic E-state index is 0.0482. The minimum Gasteiger partial charge on any atom is -0.453 e. The van der Waals surface area contributed by atoms with Crippen LogP contribution < -0.4 is 9.46 Å². The van der Waals surface area contributed by atoms with E-state index in [0.717, 1.165) is 24.4 Å². The fourth-order valence-corrected chi connectivity index (χ4v) is 3.56. The number of rotatable bonds is 5. The molecule has 1 heterocycles. The Kier molecular flexibility index (Phi) is 5.83. The van der Waals surface area contributed by atoms with Crippen LogP contribution in [0.25, 0.3) is 4.85 Å². The fourth-order valence-electron chi connectivity index (χ4n) is 2.30. The molecule has 0 spiro atoms. The van der Waals surface area contributed by atoms with E-state index in [-0.39, 0.29) is 22.3 Å². The van der Waals surface area contributed by atoms with Crippen molar-refractivity contribution in [3.05, 3.63) is 82.3 Å². The quantitative estimate of drug-likeness (QED) is 0.554. The summed E-state index contributed by atoms with van der Waals surface area (Å²) in [5.41, 5.74) is -0.236. The molecule has 0 radical (unpaired) electrons. The molecule has 3 aromatic rings. The third-order valence-electron chi connectivity index (χ3n) is 3.67. The van der Waals surface area contributed by atoms with Gasteiger partial charge in [0.25, 0.3) is 10.0 Å². The van der Waals surface area contributed by atoms with Crippen LogP contribution in [0.15, 0.2) is 53.6 Å². The Morgan fingerprint density at radius 2 is 1.97 bits per heavy atom. The van der Waals surface area contributed by atoms with Gasteiger partial charge in [0.2, 0.25) is 5.69 Å². The number of ether oxygens (including phenoxy) is 1. The predicted molar refractivity (Wildman–Crippen MR) is 104 cm³/mol. The number of hydrogen-bond acceptors (Lipinski definition) is 5. The smallest absolute Gasteiger partial charge is 0.263 e. The molecule has 1 N–H and O–H groups in total. The second-order valence-electron chi connectivity index (χ2n) is 5.69. The van der Waals surface area contributed by atoms with Crippen molar-refractivity contribution in [2.45, 2.75) is 4.90 Å². The van der Waals surface area contributed by atoms with Gasteiger partial charge in [-0.3, -0.25) is 4.72 Å². The van der Waals surface area contributed by atoms with Gasteiger partial charge in [0, 0.05) is 0 Å². The maximum Gasteiger partial charge on any atom is 0.263 e. The van der Waals surface area contributed by atoms with Gasteiger partial charge in [-0.2, -0.15) is 5.26 Å². The monoisotopic (exact) mass is 446 g/mol. The van der Waals surface area contributed by atoms with Crippen molar-refractivity contribution in [3.8, 4) is 17.6 Å². The van der Waals surface area contributed by atoms with Crippen LogP contribution in [0.4, 0.5) is 20.3 Å². The normalized spacial score (nSPS) is 10.7. The van der Waals surface area contributed by atoms with Crippen LogP contribution in [0, 0.1) is 29.5 Å². The fraction of sp³-hybridized carbons (Fsp3) is 0. The first-order chi connectivity index (χ1) is 14.2. The SMILES string of the molecule is [C-]#[N+]c1ccc(Oc2c(F)cc(S(=O)(=O)Nc3ccc(F)cn3)cc2C#N)cc1Cl. The molecule has 11 heteroatoms. The van der Waals surface area contributed by atoms with Crippen molar-refractivity contribution >= 4 is 33.1 Å². The lowest BCUT2D eigenvalue weighted by Gasteiger charge is -2.12. The van der Waals surface area contributed by atoms with Crippen LogP contribution in [0.3, 0.4) is 0 Å². The van der Waals surface area contributed by atoms with Crippen LogP contribution in [-0.2, 0) is 10.0 Å². The lowest BCUT2D eigenvalue weighted by Crippen LogP contribution is -2.14. The number of benzene rings is 2. The predicted octanol–water partition coefficient (Wildman–Crippen LogP) is 5.03. The second-order valence-corrected chi connectivity index (χ2v) is 7.78. The van der Waals surface area contributed by atoms with Crippen LogP contribution in [0.5, 0.6) is 11.5 Å². The van der Waals surface area contributed by atoms with Crippen molar-refractivity contribution in [2.24, 2.45) is 0 Å². The van der Waals surface area contributed by atoms with Gasteiger partial charge in [-0.15, -0.1) is 0 Å². The van der Waals surface area contributed by atoms with Gasteiger partial charge < -0.3 is 4.74 Å². The summed E-state index contributed by atoms with van der Waals surface area (Å²) in [5, 5.41) is 9.40. The average molecular weight is 447 g/mol. The van der Waals surface area contributed by atoms with E-state index >= 15 is 0 Å². The summed E-state index contributed by atoms with van der Waals surface area (Å²) in [6.07, 6.45) is 0.806. The van der Waals surface area contributed by atoms with E-state index in [9.17, 15) is 22.5 Å². The molecule has 0 aliphatic heterocycles. The first-order valence-corrected chi connectivity index (χ1v) is 9.82. The molecule has 0 unspecified atom stereocenters. The van der Waals surface area contributed by atoms with E-state index in [2.05, 4.69) is 14.6 Å². The van der Waals surface area contributed by atoms with E-state index in [1.807, 2.05) is 0 Å². The molecule has 7 nitrogen and oxygen atoms in total. The minimum atomic E-state index is -4.32. The Bertz CT molecular complexity index is 1320. The highest BCUT2D eigenvalue weighted by molar-refractivity contribution is 7.92. The molecule has 150 valence electrons. The van der Waals surface area contributed by atoms with Crippen LogP contribution in [0.2, 0.25) is 5.02 Å². The molecule has 0 fully saturated rings. The summed E-state index contributed by atoms with van der Waals surface area (Å²) in [5.74, 6) is -2.44. The second kappa shape index (κ2) is 8.33. The van der Waals surface area contributed by atoms with Gasteiger partial charge in [-0.1, -0.05) is 17.7 Å². The topological polar surface area (TPSA) is 96.4 Å². The number of hydrogen-bond donors (Lipinski definition) is 1. The van der Waals surface area contributed by atoms with Gasteiger partial charge in [0.15, 0.2) is 11.6 Å². The lowest BCUT2D eigenvalue weighted by atomic mass is 10.2. The molecule has 0 aliphatic rings. The largest absolute Gasteiger partial charge is 0.453 e. The Labute approximate surface area is 175 Å². The molecule has 3 rings (SSSR count). The molecule has 0 aliphatic carbocycles. The Balaban J connectivity index is 1.96. The van der Waals surface area contributed by atoms with Gasteiger partial charge in [-0.05, 0) is 36.4 Å². The number of nitrogens with zero attached hydrogens (tertiary/aromatic N) is 3. The zero-order valence-corrected chi connectivity index (χ0v) is 16.3. The molecular weight excluding hydrogens is 438 g/mol. The Morgan fingerprint density at radius 3 is 2.57 bits per heavy atom.